The average Bonchev–Trinajstić information content (AvgIpc) is 3.36. The number of nitrogens with zero attached hydrogens (tertiary/aromatic N) is 4. The summed E-state index contributed by atoms with van der Waals surface area (Å²) in [6.07, 6.45) is 8.03. The van der Waals surface area contributed by atoms with Gasteiger partial charge in [0, 0.05) is 31.4 Å². The number of carbonyl (C=O) groups excluding carboxylic acids is 1. The molecule has 1 N–H and O–H groups in total. The highest BCUT2D eigenvalue weighted by Gasteiger charge is 2.26. The summed E-state index contributed by atoms with van der Waals surface area (Å²) in [5.74, 6) is 1.32. The number of anilines is 1. The molecule has 1 saturated carbocycles. The number of hydrogen-bond acceptors (Lipinski definition) is 8. The molecule has 9 heteroatoms. The first kappa shape index (κ1) is 19.7. The molecule has 0 aromatic carbocycles. The highest BCUT2D eigenvalue weighted by Crippen LogP contribution is 2.31. The predicted molar refractivity (Wildman–Crippen MR) is 113 cm³/mol. The molecule has 0 spiro atoms. The van der Waals surface area contributed by atoms with Gasteiger partial charge in [-0.1, -0.05) is 0 Å². The lowest BCUT2D eigenvalue weighted by molar-refractivity contribution is 0.0858. The second kappa shape index (κ2) is 8.89. The van der Waals surface area contributed by atoms with Gasteiger partial charge in [-0.2, -0.15) is 4.98 Å². The first-order valence-corrected chi connectivity index (χ1v) is 10.7. The number of fused-ring (bicyclic) bond motifs is 1. The number of pyridine rings is 2. The molecule has 0 atom stereocenters. The van der Waals surface area contributed by atoms with Gasteiger partial charge >= 0.3 is 5.91 Å². The molecule has 0 bridgehead atoms. The molecule has 2 fully saturated rings. The van der Waals surface area contributed by atoms with Gasteiger partial charge in [-0.25, -0.2) is 4.98 Å². The fraction of sp³-hybridized carbons (Fsp3) is 0.455. The molecular weight excluding hydrogens is 398 g/mol. The van der Waals surface area contributed by atoms with Crippen LogP contribution >= 0.6 is 0 Å². The van der Waals surface area contributed by atoms with Crippen LogP contribution in [0.5, 0.6) is 5.88 Å². The summed E-state index contributed by atoms with van der Waals surface area (Å²) in [5, 5.41) is 3.91. The van der Waals surface area contributed by atoms with E-state index in [0.717, 1.165) is 55.5 Å². The first-order chi connectivity index (χ1) is 15.3. The van der Waals surface area contributed by atoms with E-state index in [-0.39, 0.29) is 23.9 Å². The van der Waals surface area contributed by atoms with E-state index in [0.29, 0.717) is 19.1 Å². The Morgan fingerprint density at radius 2 is 1.97 bits per heavy atom. The monoisotopic (exact) mass is 423 g/mol. The van der Waals surface area contributed by atoms with Crippen molar-refractivity contribution in [3.63, 3.8) is 0 Å². The first-order valence-electron chi connectivity index (χ1n) is 10.7. The fourth-order valence-electron chi connectivity index (χ4n) is 4.14. The molecule has 0 radical (unpaired) electrons. The van der Waals surface area contributed by atoms with Crippen LogP contribution in [-0.2, 0) is 4.74 Å². The zero-order valence-corrected chi connectivity index (χ0v) is 17.2. The van der Waals surface area contributed by atoms with Gasteiger partial charge in [-0.05, 0) is 37.8 Å². The van der Waals surface area contributed by atoms with Crippen molar-refractivity contribution in [2.24, 2.45) is 0 Å². The van der Waals surface area contributed by atoms with Gasteiger partial charge in [0.1, 0.15) is 18.2 Å². The summed E-state index contributed by atoms with van der Waals surface area (Å²) in [5.41, 5.74) is 0.876. The number of nitrogens with one attached hydrogen (secondary N) is 1. The molecule has 1 aliphatic heterocycles. The van der Waals surface area contributed by atoms with Crippen LogP contribution in [0.25, 0.3) is 10.9 Å². The molecule has 0 unspecified atom stereocenters. The molecule has 4 heterocycles. The van der Waals surface area contributed by atoms with Gasteiger partial charge in [-0.15, -0.1) is 0 Å². The number of rotatable bonds is 5. The Bertz CT molecular complexity index is 1030. The summed E-state index contributed by atoms with van der Waals surface area (Å²) in [6.45, 7) is 3.00. The normalized spacial score (nSPS) is 21.7. The molecule has 162 valence electrons. The predicted octanol–water partition coefficient (Wildman–Crippen LogP) is 2.57. The number of ether oxygens (including phenoxy) is 2. The Labute approximate surface area is 179 Å². The Balaban J connectivity index is 1.26. The maximum Gasteiger partial charge on any atom is 0.307 e. The van der Waals surface area contributed by atoms with Crippen molar-refractivity contribution in [3.05, 3.63) is 42.7 Å². The molecule has 1 amide bonds. The third-order valence-corrected chi connectivity index (χ3v) is 5.80. The quantitative estimate of drug-likeness (QED) is 0.668. The van der Waals surface area contributed by atoms with E-state index in [2.05, 4.69) is 20.2 Å². The zero-order valence-electron chi connectivity index (χ0n) is 17.2. The van der Waals surface area contributed by atoms with Crippen LogP contribution in [0.15, 0.2) is 41.3 Å². The highest BCUT2D eigenvalue weighted by molar-refractivity contribution is 5.89. The summed E-state index contributed by atoms with van der Waals surface area (Å²) < 4.78 is 16.9. The Hall–Kier alpha value is -3.20. The number of carbonyl (C=O) groups is 1. The Kier molecular flexibility index (Phi) is 5.66. The van der Waals surface area contributed by atoms with Gasteiger partial charge in [0.15, 0.2) is 0 Å². The van der Waals surface area contributed by atoms with E-state index in [1.807, 2.05) is 18.2 Å². The summed E-state index contributed by atoms with van der Waals surface area (Å²) in [7, 11) is 0. The van der Waals surface area contributed by atoms with Gasteiger partial charge in [-0.3, -0.25) is 9.78 Å². The standard InChI is InChI=1S/C22H25N5O4/c28-20(22-24-8-11-30-22)25-15-3-5-16(6-4-15)31-21-17-2-1-7-23-18(17)14-19(26-21)27-9-12-29-13-10-27/h1-2,7-8,11,14-16H,3-6,9-10,12-13H2,(H,25,28). The number of morpholine rings is 1. The van der Waals surface area contributed by atoms with E-state index < -0.39 is 0 Å². The number of hydrogen-bond donors (Lipinski definition) is 1. The van der Waals surface area contributed by atoms with Crippen LogP contribution in [0.1, 0.15) is 36.4 Å². The zero-order chi connectivity index (χ0) is 21.0. The third kappa shape index (κ3) is 4.46. The molecule has 3 aromatic heterocycles. The minimum absolute atomic E-state index is 0.0470. The minimum Gasteiger partial charge on any atom is -0.474 e. The van der Waals surface area contributed by atoms with E-state index in [1.165, 1.54) is 12.5 Å². The van der Waals surface area contributed by atoms with Crippen LogP contribution in [0, 0.1) is 0 Å². The number of amides is 1. The number of oxazole rings is 1. The largest absolute Gasteiger partial charge is 0.474 e. The maximum atomic E-state index is 12.2. The second-order valence-electron chi connectivity index (χ2n) is 7.86. The molecular formula is C22H25N5O4. The molecule has 5 rings (SSSR count). The molecule has 3 aromatic rings. The molecule has 1 saturated heterocycles. The maximum absolute atomic E-state index is 12.2. The highest BCUT2D eigenvalue weighted by atomic mass is 16.5. The van der Waals surface area contributed by atoms with E-state index in [1.54, 1.807) is 6.20 Å². The van der Waals surface area contributed by atoms with Crippen molar-refractivity contribution < 1.29 is 18.7 Å². The third-order valence-electron chi connectivity index (χ3n) is 5.80. The average molecular weight is 423 g/mol. The van der Waals surface area contributed by atoms with Crippen molar-refractivity contribution >= 4 is 22.6 Å². The fourth-order valence-corrected chi connectivity index (χ4v) is 4.14. The topological polar surface area (TPSA) is 103 Å². The summed E-state index contributed by atoms with van der Waals surface area (Å²) >= 11 is 0. The van der Waals surface area contributed by atoms with Crippen LogP contribution in [0.4, 0.5) is 5.82 Å². The SMILES string of the molecule is O=C(NC1CCC(Oc2nc(N3CCOCC3)cc3ncccc23)CC1)c1ncco1. The van der Waals surface area contributed by atoms with Crippen molar-refractivity contribution in [1.29, 1.82) is 0 Å². The number of aromatic nitrogens is 3. The Morgan fingerprint density at radius 3 is 2.74 bits per heavy atom. The minimum atomic E-state index is -0.272. The lowest BCUT2D eigenvalue weighted by Crippen LogP contribution is -2.40. The van der Waals surface area contributed by atoms with Crippen LogP contribution in [-0.4, -0.2) is 59.3 Å². The van der Waals surface area contributed by atoms with Crippen LogP contribution in [0.2, 0.25) is 0 Å². The van der Waals surface area contributed by atoms with E-state index >= 15 is 0 Å². The molecule has 9 nitrogen and oxygen atoms in total. The van der Waals surface area contributed by atoms with Gasteiger partial charge in [0.2, 0.25) is 5.88 Å². The van der Waals surface area contributed by atoms with Gasteiger partial charge in [0.05, 0.1) is 30.3 Å². The summed E-state index contributed by atoms with van der Waals surface area (Å²) in [4.78, 5) is 27.6. The van der Waals surface area contributed by atoms with Crippen molar-refractivity contribution in [1.82, 2.24) is 20.3 Å². The second-order valence-corrected chi connectivity index (χ2v) is 7.86. The smallest absolute Gasteiger partial charge is 0.307 e. The lowest BCUT2D eigenvalue weighted by atomic mass is 9.93. The van der Waals surface area contributed by atoms with E-state index in [9.17, 15) is 4.79 Å². The van der Waals surface area contributed by atoms with Gasteiger partial charge < -0.3 is 24.1 Å². The van der Waals surface area contributed by atoms with Crippen molar-refractivity contribution in [2.45, 2.75) is 37.8 Å². The van der Waals surface area contributed by atoms with Gasteiger partial charge in [0.25, 0.3) is 5.89 Å². The molecule has 31 heavy (non-hydrogen) atoms. The van der Waals surface area contributed by atoms with E-state index in [4.69, 9.17) is 18.9 Å². The summed E-state index contributed by atoms with van der Waals surface area (Å²) in [6, 6.07) is 6.00. The molecule has 2 aliphatic rings. The van der Waals surface area contributed by atoms with Crippen molar-refractivity contribution in [2.75, 3.05) is 31.2 Å². The Morgan fingerprint density at radius 1 is 1.13 bits per heavy atom. The van der Waals surface area contributed by atoms with Crippen LogP contribution < -0.4 is 15.0 Å². The molecule has 1 aliphatic carbocycles. The van der Waals surface area contributed by atoms with Crippen molar-refractivity contribution in [3.8, 4) is 5.88 Å². The van der Waals surface area contributed by atoms with Crippen LogP contribution in [0.3, 0.4) is 0 Å². The lowest BCUT2D eigenvalue weighted by Gasteiger charge is -2.30.